The monoisotopic (exact) mass is 270 g/mol. The Labute approximate surface area is 115 Å². The highest BCUT2D eigenvalue weighted by Gasteiger charge is 2.57. The molecule has 2 aliphatic rings. The summed E-state index contributed by atoms with van der Waals surface area (Å²) in [5.41, 5.74) is 5.49. The van der Waals surface area contributed by atoms with Crippen molar-refractivity contribution in [2.75, 3.05) is 0 Å². The van der Waals surface area contributed by atoms with Crippen molar-refractivity contribution in [1.29, 1.82) is 0 Å². The second-order valence-corrected chi connectivity index (χ2v) is 7.22. The molecule has 4 unspecified atom stereocenters. The molecule has 0 heterocycles. The minimum absolute atomic E-state index is 0.122. The predicted molar refractivity (Wildman–Crippen MR) is 73.0 cm³/mol. The maximum Gasteiger partial charge on any atom is 0.295 e. The maximum atomic E-state index is 10.9. The van der Waals surface area contributed by atoms with Crippen molar-refractivity contribution in [2.24, 2.45) is 17.1 Å². The van der Waals surface area contributed by atoms with Crippen molar-refractivity contribution in [3.63, 3.8) is 0 Å². The van der Waals surface area contributed by atoms with E-state index < -0.39 is 10.7 Å². The third kappa shape index (κ3) is 2.86. The van der Waals surface area contributed by atoms with Crippen LogP contribution in [0.4, 0.5) is 0 Å². The third-order valence-electron chi connectivity index (χ3n) is 5.18. The zero-order chi connectivity index (χ0) is 14.3. The van der Waals surface area contributed by atoms with E-state index in [0.717, 1.165) is 38.5 Å². The second-order valence-electron chi connectivity index (χ2n) is 7.22. The number of rotatable bonds is 4. The molecule has 2 bridgehead atoms. The highest BCUT2D eigenvalue weighted by Crippen LogP contribution is 2.58. The quantitative estimate of drug-likeness (QED) is 0.629. The van der Waals surface area contributed by atoms with Gasteiger partial charge in [-0.25, -0.2) is 0 Å². The minimum atomic E-state index is -0.653. The summed E-state index contributed by atoms with van der Waals surface area (Å²) in [6.07, 6.45) is 6.34. The van der Waals surface area contributed by atoms with Gasteiger partial charge in [0, 0.05) is 5.54 Å². The van der Waals surface area contributed by atoms with E-state index in [4.69, 9.17) is 10.6 Å². The molecule has 0 spiro atoms. The van der Waals surface area contributed by atoms with E-state index in [0.29, 0.717) is 12.3 Å². The van der Waals surface area contributed by atoms with Crippen LogP contribution in [0.2, 0.25) is 0 Å². The van der Waals surface area contributed by atoms with Crippen LogP contribution in [0, 0.1) is 21.4 Å². The summed E-state index contributed by atoms with van der Waals surface area (Å²) in [5, 5.41) is 10.3. The lowest BCUT2D eigenvalue weighted by molar-refractivity contribution is -0.785. The molecule has 0 aliphatic heterocycles. The standard InChI is InChI=1S/C14H26N2O3/c1-4-11-6-13(5-2)8-12(3,15)9-14(7-11,10-13)19-16(17)18/h11H,4-10,15H2,1-3H3. The molecule has 2 fully saturated rings. The molecule has 0 amide bonds. The van der Waals surface area contributed by atoms with Crippen LogP contribution in [0.25, 0.3) is 0 Å². The lowest BCUT2D eigenvalue weighted by atomic mass is 9.51. The Morgan fingerprint density at radius 1 is 1.32 bits per heavy atom. The van der Waals surface area contributed by atoms with E-state index in [-0.39, 0.29) is 11.0 Å². The van der Waals surface area contributed by atoms with Gasteiger partial charge in [-0.2, -0.15) is 0 Å². The van der Waals surface area contributed by atoms with Crippen LogP contribution >= 0.6 is 0 Å². The number of hydrogen-bond donors (Lipinski definition) is 1. The maximum absolute atomic E-state index is 10.9. The molecule has 19 heavy (non-hydrogen) atoms. The molecule has 4 atom stereocenters. The molecule has 2 rings (SSSR count). The normalized spacial score (nSPS) is 45.8. The Kier molecular flexibility index (Phi) is 3.54. The molecule has 0 aromatic carbocycles. The molecular weight excluding hydrogens is 244 g/mol. The van der Waals surface area contributed by atoms with E-state index in [1.165, 1.54) is 0 Å². The van der Waals surface area contributed by atoms with Crippen molar-refractivity contribution >= 4 is 0 Å². The Balaban J connectivity index is 2.35. The van der Waals surface area contributed by atoms with Crippen molar-refractivity contribution in [1.82, 2.24) is 0 Å². The van der Waals surface area contributed by atoms with Gasteiger partial charge in [-0.1, -0.05) is 26.7 Å². The topological polar surface area (TPSA) is 78.4 Å². The lowest BCUT2D eigenvalue weighted by Gasteiger charge is -2.58. The van der Waals surface area contributed by atoms with Crippen molar-refractivity contribution < 1.29 is 9.92 Å². The predicted octanol–water partition coefficient (Wildman–Crippen LogP) is 3.05. The van der Waals surface area contributed by atoms with Crippen LogP contribution in [-0.2, 0) is 4.84 Å². The SMILES string of the molecule is CCC1CC2(CC)CC(C)(N)CC(O[N+](=O)[O-])(C1)C2. The zero-order valence-electron chi connectivity index (χ0n) is 12.3. The number of nitrogens with two attached hydrogens (primary N) is 1. The zero-order valence-corrected chi connectivity index (χ0v) is 12.3. The van der Waals surface area contributed by atoms with E-state index in [9.17, 15) is 10.1 Å². The molecular formula is C14H26N2O3. The molecule has 0 aromatic heterocycles. The molecule has 110 valence electrons. The fourth-order valence-corrected chi connectivity index (χ4v) is 4.91. The lowest BCUT2D eigenvalue weighted by Crippen LogP contribution is -2.61. The van der Waals surface area contributed by atoms with Crippen LogP contribution < -0.4 is 5.73 Å². The van der Waals surface area contributed by atoms with Gasteiger partial charge in [0.1, 0.15) is 5.60 Å². The summed E-state index contributed by atoms with van der Waals surface area (Å²) in [6.45, 7) is 6.35. The molecule has 2 aliphatic carbocycles. The highest BCUT2D eigenvalue weighted by molar-refractivity contribution is 5.09. The first-order valence-corrected chi connectivity index (χ1v) is 7.36. The van der Waals surface area contributed by atoms with Crippen molar-refractivity contribution in [3.05, 3.63) is 10.1 Å². The van der Waals surface area contributed by atoms with E-state index in [1.54, 1.807) is 0 Å². The van der Waals surface area contributed by atoms with Crippen LogP contribution in [0.1, 0.15) is 65.7 Å². The summed E-state index contributed by atoms with van der Waals surface area (Å²) in [5.74, 6) is 0.518. The molecule has 5 heteroatoms. The van der Waals surface area contributed by atoms with Crippen LogP contribution in [-0.4, -0.2) is 16.2 Å². The number of hydrogen-bond acceptors (Lipinski definition) is 4. The Morgan fingerprint density at radius 3 is 2.53 bits per heavy atom. The van der Waals surface area contributed by atoms with Gasteiger partial charge < -0.3 is 10.6 Å². The minimum Gasteiger partial charge on any atom is -0.325 e. The van der Waals surface area contributed by atoms with Gasteiger partial charge in [0.15, 0.2) is 0 Å². The summed E-state index contributed by atoms with van der Waals surface area (Å²) in [4.78, 5) is 16.1. The number of fused-ring (bicyclic) bond motifs is 2. The second kappa shape index (κ2) is 4.62. The summed E-state index contributed by atoms with van der Waals surface area (Å²) < 4.78 is 0. The Hall–Kier alpha value is -0.840. The fraction of sp³-hybridized carbons (Fsp3) is 1.00. The van der Waals surface area contributed by atoms with Crippen molar-refractivity contribution in [2.45, 2.75) is 76.9 Å². The van der Waals surface area contributed by atoms with E-state index >= 15 is 0 Å². The molecule has 2 N–H and O–H groups in total. The first kappa shape index (κ1) is 14.6. The van der Waals surface area contributed by atoms with Gasteiger partial charge in [0.25, 0.3) is 5.09 Å². The number of nitrogens with zero attached hydrogens (tertiary/aromatic N) is 1. The smallest absolute Gasteiger partial charge is 0.295 e. The molecule has 5 nitrogen and oxygen atoms in total. The van der Waals surface area contributed by atoms with Crippen LogP contribution in [0.3, 0.4) is 0 Å². The van der Waals surface area contributed by atoms with Crippen molar-refractivity contribution in [3.8, 4) is 0 Å². The van der Waals surface area contributed by atoms with Gasteiger partial charge in [-0.3, -0.25) is 0 Å². The average molecular weight is 270 g/mol. The van der Waals surface area contributed by atoms with E-state index in [2.05, 4.69) is 13.8 Å². The summed E-state index contributed by atoms with van der Waals surface area (Å²) >= 11 is 0. The largest absolute Gasteiger partial charge is 0.325 e. The summed E-state index contributed by atoms with van der Waals surface area (Å²) in [7, 11) is 0. The first-order chi connectivity index (χ1) is 8.74. The molecule has 2 saturated carbocycles. The Bertz CT molecular complexity index is 372. The highest BCUT2D eigenvalue weighted by atomic mass is 17.0. The Morgan fingerprint density at radius 2 is 2.00 bits per heavy atom. The van der Waals surface area contributed by atoms with Gasteiger partial charge in [0.05, 0.1) is 0 Å². The van der Waals surface area contributed by atoms with Gasteiger partial charge in [-0.05, 0) is 50.4 Å². The third-order valence-corrected chi connectivity index (χ3v) is 5.18. The van der Waals surface area contributed by atoms with Gasteiger partial charge in [-0.15, -0.1) is 10.1 Å². The molecule has 0 aromatic rings. The van der Waals surface area contributed by atoms with Gasteiger partial charge in [0.2, 0.25) is 0 Å². The first-order valence-electron chi connectivity index (χ1n) is 7.36. The fourth-order valence-electron chi connectivity index (χ4n) is 4.91. The van der Waals surface area contributed by atoms with Gasteiger partial charge >= 0.3 is 0 Å². The van der Waals surface area contributed by atoms with E-state index in [1.807, 2.05) is 6.92 Å². The molecule has 0 saturated heterocycles. The van der Waals surface area contributed by atoms with Crippen LogP contribution in [0.15, 0.2) is 0 Å². The summed E-state index contributed by atoms with van der Waals surface area (Å²) in [6, 6.07) is 0. The average Bonchev–Trinajstić information content (AvgIpc) is 2.24. The molecule has 0 radical (unpaired) electrons. The van der Waals surface area contributed by atoms with Crippen LogP contribution in [0.5, 0.6) is 0 Å².